The Hall–Kier alpha value is -1.94. The van der Waals surface area contributed by atoms with Crippen LogP contribution < -0.4 is 10.6 Å². The molecule has 0 aliphatic carbocycles. The average molecular weight is 400 g/mol. The normalized spacial score (nSPS) is 16.5. The molecule has 1 saturated heterocycles. The third-order valence-electron chi connectivity index (χ3n) is 4.52. The first kappa shape index (κ1) is 21.4. The van der Waals surface area contributed by atoms with Crippen molar-refractivity contribution in [3.8, 4) is 0 Å². The van der Waals surface area contributed by atoms with E-state index in [1.807, 2.05) is 20.8 Å². The van der Waals surface area contributed by atoms with E-state index in [0.717, 1.165) is 0 Å². The number of nitrogens with zero attached hydrogens (tertiary/aromatic N) is 3. The van der Waals surface area contributed by atoms with Crippen molar-refractivity contribution in [3.05, 3.63) is 11.9 Å². The SMILES string of the molecule is CCn1cc(NC(=O)C2CCN(S(C)(=O)=O)CC2)c(C(=O)NCC(C)C)n1. The molecule has 2 N–H and O–H groups in total. The molecule has 0 radical (unpaired) electrons. The fourth-order valence-corrected chi connectivity index (χ4v) is 3.78. The van der Waals surface area contributed by atoms with Crippen molar-refractivity contribution in [2.75, 3.05) is 31.2 Å². The molecular weight excluding hydrogens is 370 g/mol. The molecule has 27 heavy (non-hydrogen) atoms. The second-order valence-electron chi connectivity index (χ2n) is 7.28. The molecule has 152 valence electrons. The minimum atomic E-state index is -3.23. The van der Waals surface area contributed by atoms with Crippen LogP contribution in [0.1, 0.15) is 44.1 Å². The Kier molecular flexibility index (Phi) is 6.99. The number of anilines is 1. The molecule has 0 spiro atoms. The molecule has 1 aromatic rings. The van der Waals surface area contributed by atoms with E-state index in [1.54, 1.807) is 10.9 Å². The zero-order valence-corrected chi connectivity index (χ0v) is 17.2. The lowest BCUT2D eigenvalue weighted by Gasteiger charge is -2.29. The van der Waals surface area contributed by atoms with E-state index >= 15 is 0 Å². The summed E-state index contributed by atoms with van der Waals surface area (Å²) in [4.78, 5) is 25.0. The Morgan fingerprint density at radius 3 is 2.44 bits per heavy atom. The Balaban J connectivity index is 2.05. The lowest BCUT2D eigenvalue weighted by Crippen LogP contribution is -2.41. The zero-order chi connectivity index (χ0) is 20.2. The van der Waals surface area contributed by atoms with Gasteiger partial charge in [-0.2, -0.15) is 5.10 Å². The van der Waals surface area contributed by atoms with Gasteiger partial charge < -0.3 is 10.6 Å². The molecular formula is C17H29N5O4S. The van der Waals surface area contributed by atoms with E-state index in [9.17, 15) is 18.0 Å². The highest BCUT2D eigenvalue weighted by molar-refractivity contribution is 7.88. The maximum absolute atomic E-state index is 12.6. The Bertz CT molecular complexity index is 779. The minimum Gasteiger partial charge on any atom is -0.350 e. The molecule has 0 bridgehead atoms. The lowest BCUT2D eigenvalue weighted by atomic mass is 9.97. The zero-order valence-electron chi connectivity index (χ0n) is 16.4. The monoisotopic (exact) mass is 399 g/mol. The van der Waals surface area contributed by atoms with Gasteiger partial charge in [0.25, 0.3) is 5.91 Å². The number of hydrogen-bond donors (Lipinski definition) is 2. The Morgan fingerprint density at radius 1 is 1.30 bits per heavy atom. The van der Waals surface area contributed by atoms with Crippen LogP contribution >= 0.6 is 0 Å². The molecule has 0 atom stereocenters. The van der Waals surface area contributed by atoms with Crippen LogP contribution in [-0.4, -0.2) is 60.2 Å². The van der Waals surface area contributed by atoms with Gasteiger partial charge in [-0.15, -0.1) is 0 Å². The van der Waals surface area contributed by atoms with Gasteiger partial charge in [-0.1, -0.05) is 13.8 Å². The maximum Gasteiger partial charge on any atom is 0.273 e. The molecule has 2 heterocycles. The first-order valence-corrected chi connectivity index (χ1v) is 11.1. The van der Waals surface area contributed by atoms with Gasteiger partial charge in [0, 0.05) is 38.3 Å². The number of sulfonamides is 1. The van der Waals surface area contributed by atoms with Crippen LogP contribution in [0.15, 0.2) is 6.20 Å². The molecule has 1 aromatic heterocycles. The summed E-state index contributed by atoms with van der Waals surface area (Å²) in [6.45, 7) is 7.64. The molecule has 2 rings (SSSR count). The number of piperidine rings is 1. The largest absolute Gasteiger partial charge is 0.350 e. The van der Waals surface area contributed by atoms with Crippen LogP contribution in [0, 0.1) is 11.8 Å². The quantitative estimate of drug-likeness (QED) is 0.707. The fourth-order valence-electron chi connectivity index (χ4n) is 2.91. The van der Waals surface area contributed by atoms with Gasteiger partial charge in [0.1, 0.15) is 0 Å². The van der Waals surface area contributed by atoms with Crippen LogP contribution in [0.3, 0.4) is 0 Å². The summed E-state index contributed by atoms with van der Waals surface area (Å²) in [5.74, 6) is -0.519. The highest BCUT2D eigenvalue weighted by atomic mass is 32.2. The average Bonchev–Trinajstić information content (AvgIpc) is 3.02. The van der Waals surface area contributed by atoms with E-state index in [-0.39, 0.29) is 23.4 Å². The number of nitrogens with one attached hydrogen (secondary N) is 2. The third-order valence-corrected chi connectivity index (χ3v) is 5.83. The third kappa shape index (κ3) is 5.77. The van der Waals surface area contributed by atoms with Gasteiger partial charge in [0.15, 0.2) is 5.69 Å². The van der Waals surface area contributed by atoms with Crippen LogP contribution in [0.2, 0.25) is 0 Å². The maximum atomic E-state index is 12.6. The van der Waals surface area contributed by atoms with E-state index in [2.05, 4.69) is 15.7 Å². The lowest BCUT2D eigenvalue weighted by molar-refractivity contribution is -0.120. The van der Waals surface area contributed by atoms with Crippen LogP contribution in [-0.2, 0) is 21.4 Å². The van der Waals surface area contributed by atoms with Crippen molar-refractivity contribution >= 4 is 27.5 Å². The highest BCUT2D eigenvalue weighted by Gasteiger charge is 2.30. The standard InChI is InChI=1S/C17H29N5O4S/c1-5-21-11-14(15(20-21)17(24)18-10-12(2)3)19-16(23)13-6-8-22(9-7-13)27(4,25)26/h11-13H,5-10H2,1-4H3,(H,18,24)(H,19,23). The van der Waals surface area contributed by atoms with Gasteiger partial charge >= 0.3 is 0 Å². The molecule has 2 amide bonds. The molecule has 1 aliphatic rings. The number of hydrogen-bond acceptors (Lipinski definition) is 5. The second kappa shape index (κ2) is 8.83. The fraction of sp³-hybridized carbons (Fsp3) is 0.706. The molecule has 0 unspecified atom stereocenters. The first-order chi connectivity index (χ1) is 12.6. The molecule has 0 saturated carbocycles. The van der Waals surface area contributed by atoms with Gasteiger partial charge in [-0.05, 0) is 25.7 Å². The molecule has 1 fully saturated rings. The van der Waals surface area contributed by atoms with Gasteiger partial charge in [-0.25, -0.2) is 12.7 Å². The Morgan fingerprint density at radius 2 is 1.93 bits per heavy atom. The number of aryl methyl sites for hydroxylation is 1. The van der Waals surface area contributed by atoms with Gasteiger partial charge in [0.05, 0.1) is 11.9 Å². The van der Waals surface area contributed by atoms with E-state index in [1.165, 1.54) is 10.6 Å². The van der Waals surface area contributed by atoms with Gasteiger partial charge in [-0.3, -0.25) is 14.3 Å². The van der Waals surface area contributed by atoms with Crippen LogP contribution in [0.25, 0.3) is 0 Å². The number of carbonyl (C=O) groups is 2. The van der Waals surface area contributed by atoms with Crippen molar-refractivity contribution in [2.24, 2.45) is 11.8 Å². The van der Waals surface area contributed by atoms with Gasteiger partial charge in [0.2, 0.25) is 15.9 Å². The highest BCUT2D eigenvalue weighted by Crippen LogP contribution is 2.22. The molecule has 9 nitrogen and oxygen atoms in total. The summed E-state index contributed by atoms with van der Waals surface area (Å²) >= 11 is 0. The number of aromatic nitrogens is 2. The second-order valence-corrected chi connectivity index (χ2v) is 9.26. The molecule has 0 aromatic carbocycles. The summed E-state index contributed by atoms with van der Waals surface area (Å²) in [6.07, 6.45) is 3.73. The Labute approximate surface area is 160 Å². The first-order valence-electron chi connectivity index (χ1n) is 9.23. The number of carbonyl (C=O) groups excluding carboxylic acids is 2. The summed E-state index contributed by atoms with van der Waals surface area (Å²) < 4.78 is 26.2. The summed E-state index contributed by atoms with van der Waals surface area (Å²) in [7, 11) is -3.23. The van der Waals surface area contributed by atoms with E-state index in [0.29, 0.717) is 50.6 Å². The van der Waals surface area contributed by atoms with Crippen molar-refractivity contribution in [3.63, 3.8) is 0 Å². The smallest absolute Gasteiger partial charge is 0.273 e. The molecule has 1 aliphatic heterocycles. The van der Waals surface area contributed by atoms with E-state index < -0.39 is 10.0 Å². The topological polar surface area (TPSA) is 113 Å². The van der Waals surface area contributed by atoms with Crippen LogP contribution in [0.5, 0.6) is 0 Å². The predicted molar refractivity (Wildman–Crippen MR) is 103 cm³/mol. The van der Waals surface area contributed by atoms with Crippen molar-refractivity contribution in [1.82, 2.24) is 19.4 Å². The summed E-state index contributed by atoms with van der Waals surface area (Å²) in [6, 6.07) is 0. The van der Waals surface area contributed by atoms with Crippen LogP contribution in [0.4, 0.5) is 5.69 Å². The minimum absolute atomic E-state index is 0.194. The summed E-state index contributed by atoms with van der Waals surface area (Å²) in [5.41, 5.74) is 0.577. The predicted octanol–water partition coefficient (Wildman–Crippen LogP) is 0.899. The van der Waals surface area contributed by atoms with Crippen molar-refractivity contribution < 1.29 is 18.0 Å². The van der Waals surface area contributed by atoms with E-state index in [4.69, 9.17) is 0 Å². The number of rotatable bonds is 7. The van der Waals surface area contributed by atoms with Crippen molar-refractivity contribution in [1.29, 1.82) is 0 Å². The molecule has 10 heteroatoms. The van der Waals surface area contributed by atoms with Crippen molar-refractivity contribution in [2.45, 2.75) is 40.2 Å². The number of amides is 2. The summed E-state index contributed by atoms with van der Waals surface area (Å²) in [5, 5.41) is 9.87.